The Morgan fingerprint density at radius 3 is 2.58 bits per heavy atom. The first kappa shape index (κ1) is 22.5. The maximum Gasteiger partial charge on any atom is 0.471 e. The highest BCUT2D eigenvalue weighted by molar-refractivity contribution is 5.92. The van der Waals surface area contributed by atoms with Gasteiger partial charge >= 0.3 is 12.1 Å². The van der Waals surface area contributed by atoms with E-state index in [1.165, 1.54) is 6.92 Å². The van der Waals surface area contributed by atoms with E-state index in [4.69, 9.17) is 0 Å². The Kier molecular flexibility index (Phi) is 7.09. The molecule has 1 N–H and O–H groups in total. The van der Waals surface area contributed by atoms with Crippen LogP contribution in [0.1, 0.15) is 25.3 Å². The molecule has 1 aromatic heterocycles. The van der Waals surface area contributed by atoms with Gasteiger partial charge in [-0.1, -0.05) is 12.1 Å². The summed E-state index contributed by atoms with van der Waals surface area (Å²) < 4.78 is 38.2. The second-order valence-electron chi connectivity index (χ2n) is 7.33. The number of nitrogens with zero attached hydrogens (tertiary/aromatic N) is 4. The van der Waals surface area contributed by atoms with Gasteiger partial charge in [0.25, 0.3) is 0 Å². The Bertz CT molecular complexity index is 899. The van der Waals surface area contributed by atoms with Gasteiger partial charge in [-0.3, -0.25) is 14.6 Å². The molecule has 0 saturated carbocycles. The van der Waals surface area contributed by atoms with Crippen molar-refractivity contribution in [2.24, 2.45) is 5.92 Å². The highest BCUT2D eigenvalue weighted by atomic mass is 19.4. The number of aromatic nitrogens is 2. The van der Waals surface area contributed by atoms with Gasteiger partial charge in [0.2, 0.25) is 5.91 Å². The number of benzene rings is 1. The van der Waals surface area contributed by atoms with E-state index in [1.807, 2.05) is 0 Å². The van der Waals surface area contributed by atoms with Crippen molar-refractivity contribution in [2.45, 2.75) is 32.5 Å². The van der Waals surface area contributed by atoms with Crippen LogP contribution in [0.15, 0.2) is 42.9 Å². The van der Waals surface area contributed by atoms with E-state index >= 15 is 0 Å². The predicted molar refractivity (Wildman–Crippen MR) is 109 cm³/mol. The number of carbonyl (C=O) groups is 2. The van der Waals surface area contributed by atoms with Crippen molar-refractivity contribution in [3.8, 4) is 0 Å². The van der Waals surface area contributed by atoms with Gasteiger partial charge in [0.05, 0.1) is 6.20 Å². The molecule has 1 fully saturated rings. The Hall–Kier alpha value is -3.17. The van der Waals surface area contributed by atoms with Crippen LogP contribution in [0.2, 0.25) is 0 Å². The fourth-order valence-electron chi connectivity index (χ4n) is 3.54. The van der Waals surface area contributed by atoms with Gasteiger partial charge in [-0.05, 0) is 37.5 Å². The van der Waals surface area contributed by atoms with E-state index in [1.54, 1.807) is 42.9 Å². The van der Waals surface area contributed by atoms with Gasteiger partial charge in [-0.15, -0.1) is 0 Å². The number of carbonyl (C=O) groups excluding carboxylic acids is 2. The third-order valence-electron chi connectivity index (χ3n) is 5.22. The monoisotopic (exact) mass is 435 g/mol. The molecular formula is C21H24F3N5O2. The predicted octanol–water partition coefficient (Wildman–Crippen LogP) is 3.24. The molecule has 7 nitrogen and oxygen atoms in total. The van der Waals surface area contributed by atoms with Crippen LogP contribution in [-0.4, -0.2) is 52.5 Å². The molecule has 166 valence electrons. The molecule has 0 spiro atoms. The molecule has 0 bridgehead atoms. The molecule has 0 atom stereocenters. The Balaban J connectivity index is 1.57. The zero-order valence-electron chi connectivity index (χ0n) is 17.1. The number of anilines is 2. The summed E-state index contributed by atoms with van der Waals surface area (Å²) in [5.41, 5.74) is 1.00. The summed E-state index contributed by atoms with van der Waals surface area (Å²) in [5.74, 6) is -1.40. The number of halogens is 3. The number of hydrogen-bond acceptors (Lipinski definition) is 5. The van der Waals surface area contributed by atoms with E-state index in [0.717, 1.165) is 10.7 Å². The summed E-state index contributed by atoms with van der Waals surface area (Å²) in [6, 6.07) is 6.55. The number of rotatable bonds is 6. The SMILES string of the molecule is CCN(Cc1cccc(NC(=O)C2CCN(c3cnccn3)CC2)c1)C(=O)C(F)(F)F. The standard InChI is InChI=1S/C21H24F3N5O2/c1-2-28(20(31)21(22,23)24)14-15-4-3-5-17(12-15)27-19(30)16-6-10-29(11-7-16)18-13-25-8-9-26-18/h3-5,8-9,12-13,16H,2,6-7,10-11,14H2,1H3,(H,27,30). The number of alkyl halides is 3. The lowest BCUT2D eigenvalue weighted by molar-refractivity contribution is -0.185. The Labute approximate surface area is 178 Å². The highest BCUT2D eigenvalue weighted by Gasteiger charge is 2.41. The van der Waals surface area contributed by atoms with Crippen LogP contribution in [0, 0.1) is 5.92 Å². The van der Waals surface area contributed by atoms with E-state index in [2.05, 4.69) is 20.2 Å². The highest BCUT2D eigenvalue weighted by Crippen LogP contribution is 2.24. The van der Waals surface area contributed by atoms with Gasteiger partial charge in [-0.25, -0.2) is 4.98 Å². The van der Waals surface area contributed by atoms with Crippen molar-refractivity contribution >= 4 is 23.3 Å². The summed E-state index contributed by atoms with van der Waals surface area (Å²) >= 11 is 0. The average molecular weight is 435 g/mol. The topological polar surface area (TPSA) is 78.4 Å². The quantitative estimate of drug-likeness (QED) is 0.754. The Morgan fingerprint density at radius 2 is 1.97 bits per heavy atom. The first-order valence-corrected chi connectivity index (χ1v) is 10.0. The Morgan fingerprint density at radius 1 is 1.23 bits per heavy atom. The molecule has 0 radical (unpaired) electrons. The normalized spacial score (nSPS) is 14.9. The molecule has 1 saturated heterocycles. The largest absolute Gasteiger partial charge is 0.471 e. The van der Waals surface area contributed by atoms with Crippen LogP contribution in [0.25, 0.3) is 0 Å². The van der Waals surface area contributed by atoms with Crippen molar-refractivity contribution in [3.63, 3.8) is 0 Å². The fourth-order valence-corrected chi connectivity index (χ4v) is 3.54. The number of amides is 2. The molecule has 0 unspecified atom stereocenters. The summed E-state index contributed by atoms with van der Waals surface area (Å²) in [7, 11) is 0. The molecule has 3 rings (SSSR count). The lowest BCUT2D eigenvalue weighted by Gasteiger charge is -2.31. The van der Waals surface area contributed by atoms with Gasteiger partial charge in [0, 0.05) is 50.2 Å². The van der Waals surface area contributed by atoms with Crippen LogP contribution < -0.4 is 10.2 Å². The van der Waals surface area contributed by atoms with E-state index < -0.39 is 12.1 Å². The van der Waals surface area contributed by atoms with E-state index in [9.17, 15) is 22.8 Å². The van der Waals surface area contributed by atoms with Crippen LogP contribution >= 0.6 is 0 Å². The smallest absolute Gasteiger partial charge is 0.355 e. The molecule has 10 heteroatoms. The van der Waals surface area contributed by atoms with Gasteiger partial charge in [0.15, 0.2) is 0 Å². The van der Waals surface area contributed by atoms with Crippen molar-refractivity contribution < 1.29 is 22.8 Å². The van der Waals surface area contributed by atoms with Crippen LogP contribution in [0.4, 0.5) is 24.7 Å². The van der Waals surface area contributed by atoms with Crippen LogP contribution in [-0.2, 0) is 16.1 Å². The minimum absolute atomic E-state index is 0.0701. The minimum Gasteiger partial charge on any atom is -0.355 e. The lowest BCUT2D eigenvalue weighted by Crippen LogP contribution is -2.40. The molecule has 1 aliphatic rings. The van der Waals surface area contributed by atoms with Crippen molar-refractivity contribution in [2.75, 3.05) is 29.9 Å². The maximum atomic E-state index is 12.7. The molecule has 0 aliphatic carbocycles. The number of hydrogen-bond donors (Lipinski definition) is 1. The molecule has 1 aromatic carbocycles. The third-order valence-corrected chi connectivity index (χ3v) is 5.22. The zero-order valence-corrected chi connectivity index (χ0v) is 17.1. The molecule has 2 heterocycles. The first-order chi connectivity index (χ1) is 14.8. The van der Waals surface area contributed by atoms with Gasteiger partial charge in [0.1, 0.15) is 5.82 Å². The van der Waals surface area contributed by atoms with E-state index in [-0.39, 0.29) is 24.9 Å². The van der Waals surface area contributed by atoms with Gasteiger partial charge in [-0.2, -0.15) is 13.2 Å². The van der Waals surface area contributed by atoms with Crippen molar-refractivity contribution in [3.05, 3.63) is 48.4 Å². The fraction of sp³-hybridized carbons (Fsp3) is 0.429. The van der Waals surface area contributed by atoms with Gasteiger partial charge < -0.3 is 15.1 Å². The zero-order chi connectivity index (χ0) is 22.4. The lowest BCUT2D eigenvalue weighted by atomic mass is 9.96. The van der Waals surface area contributed by atoms with E-state index in [0.29, 0.717) is 37.2 Å². The number of nitrogens with one attached hydrogen (secondary N) is 1. The second-order valence-corrected chi connectivity index (χ2v) is 7.33. The minimum atomic E-state index is -4.91. The average Bonchev–Trinajstić information content (AvgIpc) is 2.77. The van der Waals surface area contributed by atoms with Crippen LogP contribution in [0.5, 0.6) is 0 Å². The summed E-state index contributed by atoms with van der Waals surface area (Å²) in [5, 5.41) is 2.85. The van der Waals surface area contributed by atoms with Crippen molar-refractivity contribution in [1.29, 1.82) is 0 Å². The third kappa shape index (κ3) is 5.93. The summed E-state index contributed by atoms with van der Waals surface area (Å²) in [6.07, 6.45) is 1.33. The molecule has 2 aromatic rings. The van der Waals surface area contributed by atoms with Crippen LogP contribution in [0.3, 0.4) is 0 Å². The molecule has 31 heavy (non-hydrogen) atoms. The van der Waals surface area contributed by atoms with Crippen molar-refractivity contribution in [1.82, 2.24) is 14.9 Å². The molecule has 2 amide bonds. The summed E-state index contributed by atoms with van der Waals surface area (Å²) in [6.45, 7) is 2.60. The maximum absolute atomic E-state index is 12.7. The summed E-state index contributed by atoms with van der Waals surface area (Å²) in [4.78, 5) is 35.3. The first-order valence-electron chi connectivity index (χ1n) is 10.0. The second kappa shape index (κ2) is 9.76. The molecular weight excluding hydrogens is 411 g/mol. The molecule has 1 aliphatic heterocycles. The number of piperidine rings is 1.